The van der Waals surface area contributed by atoms with Gasteiger partial charge in [-0.25, -0.2) is 12.8 Å². The number of aryl methyl sites for hydroxylation is 1. The van der Waals surface area contributed by atoms with Crippen molar-refractivity contribution in [2.45, 2.75) is 39.8 Å². The number of carbonyl (C=O) groups is 2. The van der Waals surface area contributed by atoms with E-state index in [0.717, 1.165) is 27.8 Å². The van der Waals surface area contributed by atoms with Gasteiger partial charge < -0.3 is 10.2 Å². The molecule has 32 heavy (non-hydrogen) atoms. The number of benzene rings is 2. The molecule has 174 valence electrons. The van der Waals surface area contributed by atoms with E-state index in [-0.39, 0.29) is 18.1 Å². The third-order valence-corrected chi connectivity index (χ3v) is 6.09. The van der Waals surface area contributed by atoms with Crippen LogP contribution in [0.4, 0.5) is 10.1 Å². The average molecular weight is 464 g/mol. The fourth-order valence-electron chi connectivity index (χ4n) is 3.46. The zero-order valence-corrected chi connectivity index (χ0v) is 19.7. The molecule has 0 fully saturated rings. The number of amides is 2. The van der Waals surface area contributed by atoms with Crippen molar-refractivity contribution < 1.29 is 22.4 Å². The summed E-state index contributed by atoms with van der Waals surface area (Å²) in [6.07, 6.45) is 1.30. The van der Waals surface area contributed by atoms with Crippen molar-refractivity contribution in [3.8, 4) is 0 Å². The van der Waals surface area contributed by atoms with Gasteiger partial charge in [-0.1, -0.05) is 42.8 Å². The number of nitrogens with zero attached hydrogens (tertiary/aromatic N) is 2. The lowest BCUT2D eigenvalue weighted by atomic mass is 10.1. The summed E-state index contributed by atoms with van der Waals surface area (Å²) in [5, 5.41) is 2.74. The Morgan fingerprint density at radius 2 is 1.78 bits per heavy atom. The van der Waals surface area contributed by atoms with Crippen LogP contribution in [0, 0.1) is 12.7 Å². The molecule has 1 atom stereocenters. The standard InChI is InChI=1S/C23H30FN3O4S/c1-5-21(23(29)25-6-2)26(15-18-10-7-9-17(3)13-18)22(28)16-27(32(4,30)31)20-12-8-11-19(24)14-20/h7-14,21H,5-6,15-16H2,1-4H3,(H,25,29). The highest BCUT2D eigenvalue weighted by molar-refractivity contribution is 7.92. The smallest absolute Gasteiger partial charge is 0.244 e. The van der Waals surface area contributed by atoms with Crippen LogP contribution in [0.2, 0.25) is 0 Å². The Balaban J connectivity index is 2.43. The molecule has 0 heterocycles. The zero-order valence-electron chi connectivity index (χ0n) is 18.8. The van der Waals surface area contributed by atoms with Gasteiger partial charge in [-0.2, -0.15) is 0 Å². The van der Waals surface area contributed by atoms with Crippen LogP contribution in [0.1, 0.15) is 31.4 Å². The van der Waals surface area contributed by atoms with Gasteiger partial charge in [-0.15, -0.1) is 0 Å². The van der Waals surface area contributed by atoms with Gasteiger partial charge in [0.25, 0.3) is 0 Å². The molecule has 1 unspecified atom stereocenters. The molecule has 0 aromatic heterocycles. The number of sulfonamides is 1. The molecule has 0 aliphatic rings. The molecule has 0 saturated heterocycles. The molecule has 2 aromatic rings. The summed E-state index contributed by atoms with van der Waals surface area (Å²) in [6, 6.07) is 11.8. The number of rotatable bonds is 10. The minimum absolute atomic E-state index is 0.0439. The third-order valence-electron chi connectivity index (χ3n) is 4.95. The van der Waals surface area contributed by atoms with E-state index in [1.54, 1.807) is 13.8 Å². The largest absolute Gasteiger partial charge is 0.355 e. The van der Waals surface area contributed by atoms with Gasteiger partial charge >= 0.3 is 0 Å². The highest BCUT2D eigenvalue weighted by atomic mass is 32.2. The van der Waals surface area contributed by atoms with E-state index in [0.29, 0.717) is 13.0 Å². The van der Waals surface area contributed by atoms with Crippen LogP contribution in [0.15, 0.2) is 48.5 Å². The van der Waals surface area contributed by atoms with Gasteiger partial charge in [-0.05, 0) is 44.0 Å². The highest BCUT2D eigenvalue weighted by Gasteiger charge is 2.31. The lowest BCUT2D eigenvalue weighted by Crippen LogP contribution is -2.52. The van der Waals surface area contributed by atoms with Crippen LogP contribution in [0.25, 0.3) is 0 Å². The maximum absolute atomic E-state index is 13.7. The second kappa shape index (κ2) is 11.1. The van der Waals surface area contributed by atoms with Gasteiger partial charge in [0.05, 0.1) is 11.9 Å². The number of halogens is 1. The van der Waals surface area contributed by atoms with E-state index >= 15 is 0 Å². The van der Waals surface area contributed by atoms with Gasteiger partial charge in [0.1, 0.15) is 18.4 Å². The number of hydrogen-bond donors (Lipinski definition) is 1. The summed E-state index contributed by atoms with van der Waals surface area (Å²) in [5.41, 5.74) is 1.86. The van der Waals surface area contributed by atoms with Crippen LogP contribution in [-0.4, -0.2) is 50.5 Å². The Morgan fingerprint density at radius 3 is 2.34 bits per heavy atom. The summed E-state index contributed by atoms with van der Waals surface area (Å²) >= 11 is 0. The van der Waals surface area contributed by atoms with Crippen LogP contribution < -0.4 is 9.62 Å². The number of anilines is 1. The first-order valence-corrected chi connectivity index (χ1v) is 12.3. The monoisotopic (exact) mass is 463 g/mol. The minimum Gasteiger partial charge on any atom is -0.355 e. The maximum atomic E-state index is 13.7. The summed E-state index contributed by atoms with van der Waals surface area (Å²) in [4.78, 5) is 27.5. The van der Waals surface area contributed by atoms with E-state index < -0.39 is 34.3 Å². The van der Waals surface area contributed by atoms with E-state index in [4.69, 9.17) is 0 Å². The van der Waals surface area contributed by atoms with Crippen LogP contribution >= 0.6 is 0 Å². The van der Waals surface area contributed by atoms with Crippen molar-refractivity contribution in [1.82, 2.24) is 10.2 Å². The Kier molecular flexibility index (Phi) is 8.77. The van der Waals surface area contributed by atoms with E-state index in [1.165, 1.54) is 23.1 Å². The SMILES string of the molecule is CCNC(=O)C(CC)N(Cc1cccc(C)c1)C(=O)CN(c1cccc(F)c1)S(C)(=O)=O. The molecule has 7 nitrogen and oxygen atoms in total. The molecule has 2 amide bonds. The Labute approximate surface area is 189 Å². The molecule has 0 spiro atoms. The first-order valence-electron chi connectivity index (χ1n) is 10.4. The molecule has 0 radical (unpaired) electrons. The van der Waals surface area contributed by atoms with Crippen molar-refractivity contribution in [3.63, 3.8) is 0 Å². The molecule has 0 saturated carbocycles. The van der Waals surface area contributed by atoms with Crippen molar-refractivity contribution >= 4 is 27.5 Å². The van der Waals surface area contributed by atoms with E-state index in [1.807, 2.05) is 31.2 Å². The molecule has 0 bridgehead atoms. The Morgan fingerprint density at radius 1 is 1.09 bits per heavy atom. The van der Waals surface area contributed by atoms with Gasteiger partial charge in [0.2, 0.25) is 21.8 Å². The van der Waals surface area contributed by atoms with Crippen LogP contribution in [0.5, 0.6) is 0 Å². The zero-order chi connectivity index (χ0) is 23.9. The second-order valence-electron chi connectivity index (χ2n) is 7.58. The highest BCUT2D eigenvalue weighted by Crippen LogP contribution is 2.20. The fourth-order valence-corrected chi connectivity index (χ4v) is 4.31. The van der Waals surface area contributed by atoms with Crippen LogP contribution in [-0.2, 0) is 26.2 Å². The lowest BCUT2D eigenvalue weighted by molar-refractivity contribution is -0.140. The average Bonchev–Trinajstić information content (AvgIpc) is 2.71. The fraction of sp³-hybridized carbons (Fsp3) is 0.391. The van der Waals surface area contributed by atoms with Gasteiger partial charge in [0, 0.05) is 13.1 Å². The van der Waals surface area contributed by atoms with Crippen LogP contribution in [0.3, 0.4) is 0 Å². The lowest BCUT2D eigenvalue weighted by Gasteiger charge is -2.32. The number of nitrogens with one attached hydrogen (secondary N) is 1. The van der Waals surface area contributed by atoms with Crippen molar-refractivity contribution in [3.05, 3.63) is 65.5 Å². The van der Waals surface area contributed by atoms with E-state index in [2.05, 4.69) is 5.32 Å². The minimum atomic E-state index is -3.89. The summed E-state index contributed by atoms with van der Waals surface area (Å²) in [7, 11) is -3.89. The quantitative estimate of drug-likeness (QED) is 0.587. The topological polar surface area (TPSA) is 86.8 Å². The molecular weight excluding hydrogens is 433 g/mol. The predicted octanol–water partition coefficient (Wildman–Crippen LogP) is 2.84. The van der Waals surface area contributed by atoms with Crippen molar-refractivity contribution in [2.24, 2.45) is 0 Å². The number of likely N-dealkylation sites (N-methyl/N-ethyl adjacent to an activating group) is 1. The molecule has 2 rings (SSSR count). The number of carbonyl (C=O) groups excluding carboxylic acids is 2. The van der Waals surface area contributed by atoms with Crippen molar-refractivity contribution in [2.75, 3.05) is 23.7 Å². The van der Waals surface area contributed by atoms with E-state index in [9.17, 15) is 22.4 Å². The third kappa shape index (κ3) is 6.78. The molecule has 0 aliphatic heterocycles. The summed E-state index contributed by atoms with van der Waals surface area (Å²) < 4.78 is 39.5. The first-order chi connectivity index (χ1) is 15.1. The van der Waals surface area contributed by atoms with Gasteiger partial charge in [0.15, 0.2) is 0 Å². The maximum Gasteiger partial charge on any atom is 0.244 e. The van der Waals surface area contributed by atoms with Crippen molar-refractivity contribution in [1.29, 1.82) is 0 Å². The normalized spacial score (nSPS) is 12.2. The first kappa shape index (κ1) is 25.3. The molecule has 9 heteroatoms. The Hall–Kier alpha value is -2.94. The molecule has 1 N–H and O–H groups in total. The van der Waals surface area contributed by atoms with Gasteiger partial charge in [-0.3, -0.25) is 13.9 Å². The molecule has 0 aliphatic carbocycles. The predicted molar refractivity (Wildman–Crippen MR) is 123 cm³/mol. The number of hydrogen-bond acceptors (Lipinski definition) is 4. The second-order valence-corrected chi connectivity index (χ2v) is 9.49. The molecular formula is C23H30FN3O4S. The Bertz CT molecular complexity index is 1060. The molecule has 2 aromatic carbocycles. The summed E-state index contributed by atoms with van der Waals surface area (Å²) in [6.45, 7) is 5.48. The summed E-state index contributed by atoms with van der Waals surface area (Å²) in [5.74, 6) is -1.49.